The summed E-state index contributed by atoms with van der Waals surface area (Å²) in [6, 6.07) is 2.15. The molecule has 2 N–H and O–H groups in total. The maximum absolute atomic E-state index is 9.00. The highest BCUT2D eigenvalue weighted by atomic mass is 32.2. The van der Waals surface area contributed by atoms with Crippen LogP contribution in [-0.4, -0.2) is 28.5 Å². The van der Waals surface area contributed by atoms with Gasteiger partial charge < -0.3 is 10.4 Å². The molecule has 1 rings (SSSR count). The zero-order valence-corrected chi connectivity index (χ0v) is 11.0. The van der Waals surface area contributed by atoms with Crippen LogP contribution in [0.5, 0.6) is 0 Å². The molecule has 0 fully saturated rings. The monoisotopic (exact) mass is 240 g/mol. The van der Waals surface area contributed by atoms with Crippen molar-refractivity contribution in [3.05, 3.63) is 23.4 Å². The molecule has 0 saturated heterocycles. The Labute approximate surface area is 102 Å². The number of nitrogens with one attached hydrogen (secondary N) is 1. The average Bonchev–Trinajstić information content (AvgIpc) is 2.29. The Kier molecular flexibility index (Phi) is 5.80. The summed E-state index contributed by atoms with van der Waals surface area (Å²) in [6.07, 6.45) is 1.90. The quantitative estimate of drug-likeness (QED) is 0.746. The topological polar surface area (TPSA) is 45.2 Å². The zero-order chi connectivity index (χ0) is 12.0. The van der Waals surface area contributed by atoms with Crippen LogP contribution in [0.1, 0.15) is 25.0 Å². The van der Waals surface area contributed by atoms with Crippen molar-refractivity contribution < 1.29 is 5.11 Å². The first-order valence-electron chi connectivity index (χ1n) is 5.61. The van der Waals surface area contributed by atoms with Crippen LogP contribution in [0.2, 0.25) is 0 Å². The van der Waals surface area contributed by atoms with Crippen molar-refractivity contribution >= 4 is 11.8 Å². The highest BCUT2D eigenvalue weighted by Gasteiger charge is 2.07. The van der Waals surface area contributed by atoms with E-state index in [-0.39, 0.29) is 11.9 Å². The minimum absolute atomic E-state index is 0.185. The molecule has 0 saturated carbocycles. The number of thioether (sulfide) groups is 1. The number of aliphatic hydroxyl groups excluding tert-OH is 1. The molecule has 0 aliphatic rings. The van der Waals surface area contributed by atoms with Crippen molar-refractivity contribution in [1.82, 2.24) is 10.3 Å². The van der Waals surface area contributed by atoms with Crippen LogP contribution in [0.3, 0.4) is 0 Å². The maximum atomic E-state index is 9.00. The average molecular weight is 240 g/mol. The Morgan fingerprint density at radius 3 is 2.88 bits per heavy atom. The first-order valence-corrected chi connectivity index (χ1v) is 6.49. The Morgan fingerprint density at radius 1 is 1.56 bits per heavy atom. The van der Waals surface area contributed by atoms with E-state index in [1.54, 1.807) is 11.8 Å². The molecule has 1 heterocycles. The summed E-state index contributed by atoms with van der Waals surface area (Å²) in [5, 5.41) is 13.5. The van der Waals surface area contributed by atoms with Gasteiger partial charge in [0.1, 0.15) is 0 Å². The van der Waals surface area contributed by atoms with Crippen LogP contribution >= 0.6 is 11.8 Å². The van der Waals surface area contributed by atoms with Crippen LogP contribution in [0, 0.1) is 6.92 Å². The molecule has 1 aromatic rings. The van der Waals surface area contributed by atoms with Crippen LogP contribution in [0.4, 0.5) is 0 Å². The minimum atomic E-state index is 0.185. The van der Waals surface area contributed by atoms with Gasteiger partial charge in [-0.3, -0.25) is 0 Å². The molecule has 0 amide bonds. The number of rotatable bonds is 6. The van der Waals surface area contributed by atoms with Crippen LogP contribution in [0.15, 0.2) is 17.3 Å². The lowest BCUT2D eigenvalue weighted by atomic mass is 10.2. The Hall–Kier alpha value is -0.580. The van der Waals surface area contributed by atoms with Crippen LogP contribution < -0.4 is 5.32 Å². The molecule has 16 heavy (non-hydrogen) atoms. The SMILES string of the molecule is CCNCc1cnc(SC(C)CO)c(C)c1. The number of hydrogen-bond donors (Lipinski definition) is 2. The molecule has 0 spiro atoms. The predicted molar refractivity (Wildman–Crippen MR) is 68.8 cm³/mol. The van der Waals surface area contributed by atoms with E-state index >= 15 is 0 Å². The Balaban J connectivity index is 2.67. The third kappa shape index (κ3) is 4.12. The molecule has 3 nitrogen and oxygen atoms in total. The van der Waals surface area contributed by atoms with Gasteiger partial charge in [-0.25, -0.2) is 4.98 Å². The highest BCUT2D eigenvalue weighted by molar-refractivity contribution is 7.99. The molecule has 0 aliphatic heterocycles. The van der Waals surface area contributed by atoms with E-state index in [0.29, 0.717) is 0 Å². The largest absolute Gasteiger partial charge is 0.395 e. The highest BCUT2D eigenvalue weighted by Crippen LogP contribution is 2.24. The van der Waals surface area contributed by atoms with Crippen molar-refractivity contribution in [2.24, 2.45) is 0 Å². The second-order valence-corrected chi connectivity index (χ2v) is 5.28. The molecular weight excluding hydrogens is 220 g/mol. The summed E-state index contributed by atoms with van der Waals surface area (Å²) < 4.78 is 0. The molecule has 1 aromatic heterocycles. The van der Waals surface area contributed by atoms with Gasteiger partial charge in [0.2, 0.25) is 0 Å². The zero-order valence-electron chi connectivity index (χ0n) is 10.2. The lowest BCUT2D eigenvalue weighted by Gasteiger charge is -2.10. The van der Waals surface area contributed by atoms with E-state index in [0.717, 1.165) is 18.1 Å². The number of hydrogen-bond acceptors (Lipinski definition) is 4. The molecule has 0 aromatic carbocycles. The van der Waals surface area contributed by atoms with Gasteiger partial charge in [-0.05, 0) is 24.6 Å². The van der Waals surface area contributed by atoms with Gasteiger partial charge in [0.25, 0.3) is 0 Å². The third-order valence-corrected chi connectivity index (χ3v) is 3.44. The Bertz CT molecular complexity index is 331. The fraction of sp³-hybridized carbons (Fsp3) is 0.583. The van der Waals surface area contributed by atoms with E-state index in [4.69, 9.17) is 5.11 Å². The number of nitrogens with zero attached hydrogens (tertiary/aromatic N) is 1. The molecule has 90 valence electrons. The fourth-order valence-corrected chi connectivity index (χ4v) is 2.15. The Morgan fingerprint density at radius 2 is 2.31 bits per heavy atom. The van der Waals surface area contributed by atoms with Gasteiger partial charge in [0, 0.05) is 18.0 Å². The number of aliphatic hydroxyl groups is 1. The first-order chi connectivity index (χ1) is 7.67. The summed E-state index contributed by atoms with van der Waals surface area (Å²) in [4.78, 5) is 4.43. The van der Waals surface area contributed by atoms with Gasteiger partial charge in [0.05, 0.1) is 11.6 Å². The normalized spacial score (nSPS) is 12.8. The minimum Gasteiger partial charge on any atom is -0.395 e. The summed E-state index contributed by atoms with van der Waals surface area (Å²) in [5.74, 6) is 0. The van der Waals surface area contributed by atoms with Crippen molar-refractivity contribution in [1.29, 1.82) is 0 Å². The molecule has 4 heteroatoms. The molecular formula is C12H20N2OS. The molecule has 0 bridgehead atoms. The van der Waals surface area contributed by atoms with Gasteiger partial charge in [-0.15, -0.1) is 11.8 Å². The molecule has 1 unspecified atom stereocenters. The van der Waals surface area contributed by atoms with Gasteiger partial charge in [-0.1, -0.05) is 19.9 Å². The number of aryl methyl sites for hydroxylation is 1. The van der Waals surface area contributed by atoms with E-state index < -0.39 is 0 Å². The van der Waals surface area contributed by atoms with Crippen LogP contribution in [0.25, 0.3) is 0 Å². The third-order valence-electron chi connectivity index (χ3n) is 2.24. The summed E-state index contributed by atoms with van der Waals surface area (Å²) in [7, 11) is 0. The molecule has 0 radical (unpaired) electrons. The first kappa shape index (κ1) is 13.5. The van der Waals surface area contributed by atoms with E-state index in [2.05, 4.69) is 30.2 Å². The van der Waals surface area contributed by atoms with E-state index in [1.165, 1.54) is 11.1 Å². The maximum Gasteiger partial charge on any atom is 0.0992 e. The van der Waals surface area contributed by atoms with Crippen molar-refractivity contribution in [3.8, 4) is 0 Å². The molecule has 0 aliphatic carbocycles. The smallest absolute Gasteiger partial charge is 0.0992 e. The van der Waals surface area contributed by atoms with E-state index in [1.807, 2.05) is 13.1 Å². The predicted octanol–water partition coefficient (Wildman–Crippen LogP) is 1.97. The van der Waals surface area contributed by atoms with Crippen molar-refractivity contribution in [2.45, 2.75) is 37.6 Å². The number of pyridine rings is 1. The van der Waals surface area contributed by atoms with Crippen molar-refractivity contribution in [2.75, 3.05) is 13.2 Å². The second kappa shape index (κ2) is 6.89. The summed E-state index contributed by atoms with van der Waals surface area (Å²) in [5.41, 5.74) is 2.39. The lowest BCUT2D eigenvalue weighted by Crippen LogP contribution is -2.12. The van der Waals surface area contributed by atoms with Crippen LogP contribution in [-0.2, 0) is 6.54 Å². The van der Waals surface area contributed by atoms with E-state index in [9.17, 15) is 0 Å². The van der Waals surface area contributed by atoms with Crippen molar-refractivity contribution in [3.63, 3.8) is 0 Å². The second-order valence-electron chi connectivity index (χ2n) is 3.86. The summed E-state index contributed by atoms with van der Waals surface area (Å²) in [6.45, 7) is 8.17. The standard InChI is InChI=1S/C12H20N2OS/c1-4-13-6-11-5-9(2)12(14-7-11)16-10(3)8-15/h5,7,10,13,15H,4,6,8H2,1-3H3. The summed E-state index contributed by atoms with van der Waals surface area (Å²) >= 11 is 1.62. The molecule has 1 atom stereocenters. The number of aromatic nitrogens is 1. The van der Waals surface area contributed by atoms with Gasteiger partial charge in [0.15, 0.2) is 0 Å². The lowest BCUT2D eigenvalue weighted by molar-refractivity contribution is 0.300. The van der Waals surface area contributed by atoms with Gasteiger partial charge in [-0.2, -0.15) is 0 Å². The van der Waals surface area contributed by atoms with Gasteiger partial charge >= 0.3 is 0 Å². The fourth-order valence-electron chi connectivity index (χ4n) is 1.34.